The Hall–Kier alpha value is -2.80. The largest absolute Gasteiger partial charge is 0.489 e. The summed E-state index contributed by atoms with van der Waals surface area (Å²) in [6.07, 6.45) is 0.700. The summed E-state index contributed by atoms with van der Waals surface area (Å²) in [7, 11) is 1.75. The average Bonchev–Trinajstić information content (AvgIpc) is 2.79. The van der Waals surface area contributed by atoms with Crippen LogP contribution in [0.1, 0.15) is 18.9 Å². The van der Waals surface area contributed by atoms with Crippen molar-refractivity contribution in [2.45, 2.75) is 26.0 Å². The van der Waals surface area contributed by atoms with Crippen molar-refractivity contribution in [2.75, 3.05) is 44.8 Å². The Labute approximate surface area is 178 Å². The van der Waals surface area contributed by atoms with Crippen LogP contribution in [0.5, 0.6) is 5.75 Å². The van der Waals surface area contributed by atoms with Gasteiger partial charge in [0.05, 0.1) is 19.8 Å². The lowest BCUT2D eigenvalue weighted by Gasteiger charge is -2.30. The van der Waals surface area contributed by atoms with Gasteiger partial charge in [-0.1, -0.05) is 31.2 Å². The number of halogens is 1. The maximum atomic E-state index is 13.4. The number of ether oxygens (including phenoxy) is 2. The summed E-state index contributed by atoms with van der Waals surface area (Å²) in [5.41, 5.74) is 2.44. The van der Waals surface area contributed by atoms with Crippen LogP contribution in [-0.2, 0) is 11.3 Å². The van der Waals surface area contributed by atoms with E-state index in [4.69, 9.17) is 9.47 Å². The van der Waals surface area contributed by atoms with Gasteiger partial charge in [-0.2, -0.15) is 0 Å². The molecule has 1 unspecified atom stereocenters. The van der Waals surface area contributed by atoms with Crippen LogP contribution in [0.2, 0.25) is 0 Å². The molecule has 6 nitrogen and oxygen atoms in total. The highest BCUT2D eigenvalue weighted by molar-refractivity contribution is 5.79. The van der Waals surface area contributed by atoms with Crippen LogP contribution in [0.25, 0.3) is 0 Å². The van der Waals surface area contributed by atoms with E-state index in [0.29, 0.717) is 24.8 Å². The van der Waals surface area contributed by atoms with Crippen LogP contribution in [0.3, 0.4) is 0 Å². The molecule has 1 fully saturated rings. The van der Waals surface area contributed by atoms with Gasteiger partial charge in [0, 0.05) is 38.4 Å². The Kier molecular flexibility index (Phi) is 8.32. The Morgan fingerprint density at radius 3 is 2.70 bits per heavy atom. The minimum atomic E-state index is -0.299. The van der Waals surface area contributed by atoms with Gasteiger partial charge in [-0.15, -0.1) is 0 Å². The molecular formula is C23H31FN4O2. The van der Waals surface area contributed by atoms with Gasteiger partial charge >= 0.3 is 0 Å². The fraction of sp³-hybridized carbons (Fsp3) is 0.435. The summed E-state index contributed by atoms with van der Waals surface area (Å²) in [5.74, 6) is 0.936. The van der Waals surface area contributed by atoms with Gasteiger partial charge in [0.25, 0.3) is 0 Å². The number of aliphatic imine (C=N–C) groups is 1. The molecule has 2 aromatic carbocycles. The van der Waals surface area contributed by atoms with Crippen LogP contribution in [0, 0.1) is 5.82 Å². The van der Waals surface area contributed by atoms with E-state index in [-0.39, 0.29) is 11.9 Å². The molecule has 0 aliphatic carbocycles. The standard InChI is InChI=1S/C23H31FN4O2/c1-3-20(30-21-9-6-8-19(24)15-21)17-27-23(25-2)26-16-18-7-4-5-10-22(18)28-11-13-29-14-12-28/h4-10,15,20H,3,11-14,16-17H2,1-2H3,(H2,25,26,27). The second-order valence-electron chi connectivity index (χ2n) is 7.14. The van der Waals surface area contributed by atoms with E-state index in [0.717, 1.165) is 32.7 Å². The fourth-order valence-electron chi connectivity index (χ4n) is 3.39. The zero-order valence-electron chi connectivity index (χ0n) is 17.7. The molecule has 3 rings (SSSR count). The van der Waals surface area contributed by atoms with Gasteiger partial charge in [0.15, 0.2) is 5.96 Å². The van der Waals surface area contributed by atoms with Crippen LogP contribution < -0.4 is 20.3 Å². The normalized spacial score (nSPS) is 15.6. The third kappa shape index (κ3) is 6.35. The quantitative estimate of drug-likeness (QED) is 0.513. The number of guanidine groups is 1. The number of para-hydroxylation sites is 1. The van der Waals surface area contributed by atoms with Crippen molar-refractivity contribution in [2.24, 2.45) is 4.99 Å². The maximum absolute atomic E-state index is 13.4. The summed E-state index contributed by atoms with van der Waals surface area (Å²) >= 11 is 0. The Bertz CT molecular complexity index is 824. The lowest BCUT2D eigenvalue weighted by Crippen LogP contribution is -2.42. The van der Waals surface area contributed by atoms with Crippen molar-refractivity contribution in [3.63, 3.8) is 0 Å². The average molecular weight is 415 g/mol. The molecule has 1 saturated heterocycles. The first-order valence-corrected chi connectivity index (χ1v) is 10.5. The molecule has 162 valence electrons. The van der Waals surface area contributed by atoms with Crippen LogP contribution >= 0.6 is 0 Å². The molecule has 7 heteroatoms. The first-order chi connectivity index (χ1) is 14.7. The predicted molar refractivity (Wildman–Crippen MR) is 119 cm³/mol. The molecular weight excluding hydrogens is 383 g/mol. The summed E-state index contributed by atoms with van der Waals surface area (Å²) < 4.78 is 24.8. The lowest BCUT2D eigenvalue weighted by atomic mass is 10.1. The van der Waals surface area contributed by atoms with E-state index in [1.807, 2.05) is 6.92 Å². The Morgan fingerprint density at radius 1 is 1.17 bits per heavy atom. The summed E-state index contributed by atoms with van der Waals surface area (Å²) in [4.78, 5) is 6.68. The number of hydrogen-bond donors (Lipinski definition) is 2. The molecule has 1 aliphatic heterocycles. The predicted octanol–water partition coefficient (Wildman–Crippen LogP) is 3.18. The molecule has 0 radical (unpaired) electrons. The molecule has 0 spiro atoms. The minimum Gasteiger partial charge on any atom is -0.489 e. The number of nitrogens with zero attached hydrogens (tertiary/aromatic N) is 2. The number of rotatable bonds is 8. The number of anilines is 1. The maximum Gasteiger partial charge on any atom is 0.191 e. The molecule has 2 N–H and O–H groups in total. The molecule has 0 saturated carbocycles. The van der Waals surface area contributed by atoms with Crippen LogP contribution in [-0.4, -0.2) is 52.0 Å². The Morgan fingerprint density at radius 2 is 1.97 bits per heavy atom. The van der Waals surface area contributed by atoms with Crippen molar-refractivity contribution in [1.29, 1.82) is 0 Å². The highest BCUT2D eigenvalue weighted by atomic mass is 19.1. The van der Waals surface area contributed by atoms with E-state index < -0.39 is 0 Å². The number of morpholine rings is 1. The summed E-state index contributed by atoms with van der Waals surface area (Å²) in [5, 5.41) is 6.69. The molecule has 2 aromatic rings. The zero-order valence-corrected chi connectivity index (χ0v) is 17.7. The molecule has 0 bridgehead atoms. The molecule has 0 amide bonds. The topological polar surface area (TPSA) is 58.1 Å². The first-order valence-electron chi connectivity index (χ1n) is 10.5. The van der Waals surface area contributed by atoms with Crippen LogP contribution in [0.4, 0.5) is 10.1 Å². The first kappa shape index (κ1) is 21.9. The van der Waals surface area contributed by atoms with E-state index >= 15 is 0 Å². The molecule has 1 aliphatic rings. The third-order valence-electron chi connectivity index (χ3n) is 5.06. The van der Waals surface area contributed by atoms with Crippen molar-refractivity contribution < 1.29 is 13.9 Å². The van der Waals surface area contributed by atoms with E-state index in [1.165, 1.54) is 23.4 Å². The van der Waals surface area contributed by atoms with Gasteiger partial charge in [0.1, 0.15) is 17.7 Å². The molecule has 30 heavy (non-hydrogen) atoms. The van der Waals surface area contributed by atoms with E-state index in [1.54, 1.807) is 19.2 Å². The highest BCUT2D eigenvalue weighted by Crippen LogP contribution is 2.21. The minimum absolute atomic E-state index is 0.0917. The van der Waals surface area contributed by atoms with Crippen LogP contribution in [0.15, 0.2) is 53.5 Å². The number of benzene rings is 2. The Balaban J connectivity index is 1.53. The molecule has 0 aromatic heterocycles. The number of hydrogen-bond acceptors (Lipinski definition) is 4. The van der Waals surface area contributed by atoms with Gasteiger partial charge in [-0.3, -0.25) is 4.99 Å². The fourth-order valence-corrected chi connectivity index (χ4v) is 3.39. The SMILES string of the molecule is CCC(CNC(=NC)NCc1ccccc1N1CCOCC1)Oc1cccc(F)c1. The van der Waals surface area contributed by atoms with Crippen molar-refractivity contribution >= 4 is 11.6 Å². The van der Waals surface area contributed by atoms with Crippen molar-refractivity contribution in [3.8, 4) is 5.75 Å². The highest BCUT2D eigenvalue weighted by Gasteiger charge is 2.15. The second kappa shape index (κ2) is 11.4. The lowest BCUT2D eigenvalue weighted by molar-refractivity contribution is 0.122. The van der Waals surface area contributed by atoms with Gasteiger partial charge in [-0.05, 0) is 30.2 Å². The smallest absolute Gasteiger partial charge is 0.191 e. The van der Waals surface area contributed by atoms with Crippen molar-refractivity contribution in [3.05, 3.63) is 59.9 Å². The summed E-state index contributed by atoms with van der Waals surface area (Å²) in [6, 6.07) is 14.6. The zero-order chi connectivity index (χ0) is 21.2. The third-order valence-corrected chi connectivity index (χ3v) is 5.06. The van der Waals surface area contributed by atoms with E-state index in [9.17, 15) is 4.39 Å². The second-order valence-corrected chi connectivity index (χ2v) is 7.14. The molecule has 1 atom stereocenters. The van der Waals surface area contributed by atoms with Gasteiger partial charge < -0.3 is 25.0 Å². The number of nitrogens with one attached hydrogen (secondary N) is 2. The molecule has 1 heterocycles. The monoisotopic (exact) mass is 414 g/mol. The van der Waals surface area contributed by atoms with Gasteiger partial charge in [-0.25, -0.2) is 4.39 Å². The summed E-state index contributed by atoms with van der Waals surface area (Å²) in [6.45, 7) is 6.59. The van der Waals surface area contributed by atoms with E-state index in [2.05, 4.69) is 44.8 Å². The van der Waals surface area contributed by atoms with Crippen molar-refractivity contribution in [1.82, 2.24) is 10.6 Å². The van der Waals surface area contributed by atoms with Gasteiger partial charge in [0.2, 0.25) is 0 Å².